The van der Waals surface area contributed by atoms with E-state index in [9.17, 15) is 9.90 Å². The van der Waals surface area contributed by atoms with Gasteiger partial charge in [-0.15, -0.1) is 0 Å². The van der Waals surface area contributed by atoms with Crippen LogP contribution < -0.4 is 10.1 Å². The fourth-order valence-electron chi connectivity index (χ4n) is 2.34. The molecule has 0 bridgehead atoms. The molecule has 2 aromatic rings. The van der Waals surface area contributed by atoms with Gasteiger partial charge in [-0.25, -0.2) is 0 Å². The highest BCUT2D eigenvalue weighted by Crippen LogP contribution is 2.15. The summed E-state index contributed by atoms with van der Waals surface area (Å²) >= 11 is 0. The monoisotopic (exact) mass is 313 g/mol. The Kier molecular flexibility index (Phi) is 6.18. The molecule has 0 saturated heterocycles. The second-order valence-corrected chi connectivity index (χ2v) is 5.78. The van der Waals surface area contributed by atoms with E-state index >= 15 is 0 Å². The van der Waals surface area contributed by atoms with Gasteiger partial charge < -0.3 is 15.2 Å². The second kappa shape index (κ2) is 8.34. The van der Waals surface area contributed by atoms with Gasteiger partial charge >= 0.3 is 5.97 Å². The molecule has 0 saturated carbocycles. The van der Waals surface area contributed by atoms with Gasteiger partial charge in [0, 0.05) is 6.54 Å². The van der Waals surface area contributed by atoms with Crippen molar-refractivity contribution in [2.24, 2.45) is 0 Å². The first-order valence-electron chi connectivity index (χ1n) is 7.80. The minimum Gasteiger partial charge on any atom is -0.491 e. The Hall–Kier alpha value is -2.33. The van der Waals surface area contributed by atoms with Crippen LogP contribution in [0.3, 0.4) is 0 Å². The molecule has 0 aliphatic carbocycles. The summed E-state index contributed by atoms with van der Waals surface area (Å²) in [5.74, 6) is -0.0438. The quantitative estimate of drug-likeness (QED) is 0.785. The van der Waals surface area contributed by atoms with Crippen molar-refractivity contribution < 1.29 is 14.6 Å². The van der Waals surface area contributed by atoms with E-state index < -0.39 is 12.0 Å². The average Bonchev–Trinajstić information content (AvgIpc) is 2.52. The summed E-state index contributed by atoms with van der Waals surface area (Å²) in [4.78, 5) is 11.5. The molecule has 2 aromatic carbocycles. The molecule has 0 heterocycles. The maximum absolute atomic E-state index is 11.5. The predicted octanol–water partition coefficient (Wildman–Crippen LogP) is 3.26. The normalized spacial score (nSPS) is 12.1. The maximum Gasteiger partial charge on any atom is 0.321 e. The molecule has 0 amide bonds. The van der Waals surface area contributed by atoms with E-state index in [1.165, 1.54) is 0 Å². The fourth-order valence-corrected chi connectivity index (χ4v) is 2.34. The lowest BCUT2D eigenvalue weighted by molar-refractivity contribution is -0.139. The Bertz CT molecular complexity index is 626. The number of nitrogens with one attached hydrogen (secondary N) is 1. The number of carboxylic acid groups (broad SMARTS) is 1. The number of carboxylic acids is 1. The molecular weight excluding hydrogens is 290 g/mol. The number of aliphatic carboxylic acids is 1. The number of ether oxygens (including phenoxy) is 1. The number of rotatable bonds is 8. The second-order valence-electron chi connectivity index (χ2n) is 5.78. The van der Waals surface area contributed by atoms with Crippen LogP contribution in [0.15, 0.2) is 54.6 Å². The molecule has 0 aromatic heterocycles. The molecule has 0 radical (unpaired) electrons. The molecule has 1 atom stereocenters. The molecule has 0 aliphatic rings. The van der Waals surface area contributed by atoms with Crippen LogP contribution in [-0.2, 0) is 17.8 Å². The highest BCUT2D eigenvalue weighted by atomic mass is 16.5. The van der Waals surface area contributed by atoms with Crippen LogP contribution in [0.2, 0.25) is 0 Å². The Morgan fingerprint density at radius 3 is 2.43 bits per heavy atom. The highest BCUT2D eigenvalue weighted by Gasteiger charge is 2.17. The van der Waals surface area contributed by atoms with Crippen LogP contribution in [0.5, 0.6) is 5.75 Å². The van der Waals surface area contributed by atoms with E-state index in [0.29, 0.717) is 13.0 Å². The van der Waals surface area contributed by atoms with Gasteiger partial charge in [-0.3, -0.25) is 4.79 Å². The number of hydrogen-bond donors (Lipinski definition) is 2. The van der Waals surface area contributed by atoms with Gasteiger partial charge in [0.1, 0.15) is 11.8 Å². The third kappa shape index (κ3) is 5.75. The fraction of sp³-hybridized carbons (Fsp3) is 0.316. The maximum atomic E-state index is 11.5. The first-order valence-corrected chi connectivity index (χ1v) is 7.80. The molecule has 2 N–H and O–H groups in total. The summed E-state index contributed by atoms with van der Waals surface area (Å²) in [7, 11) is 0. The molecule has 2 rings (SSSR count). The van der Waals surface area contributed by atoms with Gasteiger partial charge in [-0.05, 0) is 43.5 Å². The third-order valence-electron chi connectivity index (χ3n) is 3.40. The lowest BCUT2D eigenvalue weighted by Crippen LogP contribution is -2.38. The molecule has 0 fully saturated rings. The zero-order valence-electron chi connectivity index (χ0n) is 13.5. The van der Waals surface area contributed by atoms with Gasteiger partial charge in [0.15, 0.2) is 0 Å². The standard InChI is InChI=1S/C19H23NO3/c1-14(2)23-17-10-6-9-16(11-17)13-20-18(19(21)22)12-15-7-4-3-5-8-15/h3-11,14,18,20H,12-13H2,1-2H3,(H,21,22)/t18-/m0/s1. The smallest absolute Gasteiger partial charge is 0.321 e. The molecular formula is C19H23NO3. The SMILES string of the molecule is CC(C)Oc1cccc(CN[C@@H](Cc2ccccc2)C(=O)O)c1. The van der Waals surface area contributed by atoms with Gasteiger partial charge in [-0.2, -0.15) is 0 Å². The van der Waals surface area contributed by atoms with Crippen molar-refractivity contribution in [3.8, 4) is 5.75 Å². The summed E-state index contributed by atoms with van der Waals surface area (Å²) < 4.78 is 5.66. The minimum absolute atomic E-state index is 0.114. The largest absolute Gasteiger partial charge is 0.491 e. The van der Waals surface area contributed by atoms with Crippen molar-refractivity contribution in [1.29, 1.82) is 0 Å². The molecule has 4 nitrogen and oxygen atoms in total. The van der Waals surface area contributed by atoms with Crippen LogP contribution in [0.25, 0.3) is 0 Å². The summed E-state index contributed by atoms with van der Waals surface area (Å²) in [6, 6.07) is 16.7. The lowest BCUT2D eigenvalue weighted by Gasteiger charge is -2.15. The van der Waals surface area contributed by atoms with E-state index in [1.54, 1.807) is 0 Å². The van der Waals surface area contributed by atoms with Crippen molar-refractivity contribution in [2.75, 3.05) is 0 Å². The Balaban J connectivity index is 1.97. The van der Waals surface area contributed by atoms with Crippen LogP contribution in [0.1, 0.15) is 25.0 Å². The summed E-state index contributed by atoms with van der Waals surface area (Å²) in [6.45, 7) is 4.44. The van der Waals surface area contributed by atoms with Crippen molar-refractivity contribution in [2.45, 2.75) is 39.0 Å². The van der Waals surface area contributed by atoms with Crippen LogP contribution in [0.4, 0.5) is 0 Å². The Labute approximate surface area is 137 Å². The van der Waals surface area contributed by atoms with Gasteiger partial charge in [0.2, 0.25) is 0 Å². The molecule has 0 spiro atoms. The van der Waals surface area contributed by atoms with E-state index in [4.69, 9.17) is 4.74 Å². The van der Waals surface area contributed by atoms with Crippen molar-refractivity contribution in [3.63, 3.8) is 0 Å². The molecule has 4 heteroatoms. The van der Waals surface area contributed by atoms with Crippen LogP contribution >= 0.6 is 0 Å². The lowest BCUT2D eigenvalue weighted by atomic mass is 10.1. The van der Waals surface area contributed by atoms with E-state index in [1.807, 2.05) is 68.4 Å². The van der Waals surface area contributed by atoms with Crippen LogP contribution in [0, 0.1) is 0 Å². The predicted molar refractivity (Wildman–Crippen MR) is 90.6 cm³/mol. The molecule has 23 heavy (non-hydrogen) atoms. The Morgan fingerprint density at radius 2 is 1.78 bits per heavy atom. The Morgan fingerprint density at radius 1 is 1.09 bits per heavy atom. The zero-order valence-corrected chi connectivity index (χ0v) is 13.5. The number of hydrogen-bond acceptors (Lipinski definition) is 3. The van der Waals surface area contributed by atoms with Gasteiger partial charge in [0.05, 0.1) is 6.10 Å². The first kappa shape index (κ1) is 17.0. The average molecular weight is 313 g/mol. The number of benzene rings is 2. The van der Waals surface area contributed by atoms with Gasteiger partial charge in [-0.1, -0.05) is 42.5 Å². The van der Waals surface area contributed by atoms with Crippen molar-refractivity contribution >= 4 is 5.97 Å². The minimum atomic E-state index is -0.844. The van der Waals surface area contributed by atoms with E-state index in [0.717, 1.165) is 16.9 Å². The first-order chi connectivity index (χ1) is 11.0. The van der Waals surface area contributed by atoms with Gasteiger partial charge in [0.25, 0.3) is 0 Å². The zero-order chi connectivity index (χ0) is 16.7. The molecule has 0 aliphatic heterocycles. The summed E-state index contributed by atoms with van der Waals surface area (Å²) in [6.07, 6.45) is 0.571. The molecule has 122 valence electrons. The third-order valence-corrected chi connectivity index (χ3v) is 3.40. The van der Waals surface area contributed by atoms with Crippen LogP contribution in [-0.4, -0.2) is 23.2 Å². The van der Waals surface area contributed by atoms with E-state index in [-0.39, 0.29) is 6.10 Å². The topological polar surface area (TPSA) is 58.6 Å². The summed E-state index contributed by atoms with van der Waals surface area (Å²) in [5.41, 5.74) is 2.01. The number of carbonyl (C=O) groups is 1. The van der Waals surface area contributed by atoms with E-state index in [2.05, 4.69) is 5.32 Å². The van der Waals surface area contributed by atoms with Crippen molar-refractivity contribution in [3.05, 3.63) is 65.7 Å². The summed E-state index contributed by atoms with van der Waals surface area (Å²) in [5, 5.41) is 12.5. The van der Waals surface area contributed by atoms with Crippen molar-refractivity contribution in [1.82, 2.24) is 5.32 Å². The molecule has 0 unspecified atom stereocenters. The highest BCUT2D eigenvalue weighted by molar-refractivity contribution is 5.73.